The van der Waals surface area contributed by atoms with Gasteiger partial charge in [0.25, 0.3) is 0 Å². The predicted octanol–water partition coefficient (Wildman–Crippen LogP) is 4.70. The number of aliphatic hydroxyl groups excluding tert-OH is 1. The second kappa shape index (κ2) is 5.51. The van der Waals surface area contributed by atoms with Gasteiger partial charge in [-0.1, -0.05) is 6.07 Å². The zero-order valence-corrected chi connectivity index (χ0v) is 10.9. The van der Waals surface area contributed by atoms with Gasteiger partial charge in [0.1, 0.15) is 5.82 Å². The summed E-state index contributed by atoms with van der Waals surface area (Å²) in [5.74, 6) is -4.75. The lowest BCUT2D eigenvalue weighted by atomic mass is 9.81. The number of halogens is 6. The zero-order chi connectivity index (χ0) is 15.8. The van der Waals surface area contributed by atoms with E-state index < -0.39 is 48.3 Å². The Morgan fingerprint density at radius 1 is 1.14 bits per heavy atom. The van der Waals surface area contributed by atoms with Gasteiger partial charge in [0, 0.05) is 12.8 Å². The van der Waals surface area contributed by atoms with Crippen molar-refractivity contribution >= 4 is 0 Å². The molecule has 0 amide bonds. The summed E-state index contributed by atoms with van der Waals surface area (Å²) in [7, 11) is 0. The van der Waals surface area contributed by atoms with Crippen molar-refractivity contribution in [3.05, 3.63) is 35.1 Å². The number of aliphatic hydroxyl groups is 1. The minimum atomic E-state index is -4.86. The van der Waals surface area contributed by atoms with Crippen molar-refractivity contribution < 1.29 is 31.4 Å². The van der Waals surface area contributed by atoms with Crippen LogP contribution in [0.15, 0.2) is 18.2 Å². The smallest absolute Gasteiger partial charge is 0.388 e. The van der Waals surface area contributed by atoms with Crippen LogP contribution in [0.5, 0.6) is 0 Å². The van der Waals surface area contributed by atoms with Crippen LogP contribution in [0.25, 0.3) is 0 Å². The van der Waals surface area contributed by atoms with E-state index in [1.54, 1.807) is 0 Å². The molecule has 1 N–H and O–H groups in total. The number of benzene rings is 1. The highest BCUT2D eigenvalue weighted by molar-refractivity contribution is 5.29. The Bertz CT molecular complexity index is 501. The average Bonchev–Trinajstić information content (AvgIpc) is 2.37. The Hall–Kier alpha value is -1.24. The molecule has 0 radical (unpaired) electrons. The standard InChI is InChI=1S/C14H14F6O/c15-11-2-1-9(7-10(11)14(18,19)20)12(21)8-3-5-13(16,17)6-4-8/h1-2,7-8,12,21H,3-6H2. The number of rotatable bonds is 2. The highest BCUT2D eigenvalue weighted by atomic mass is 19.4. The van der Waals surface area contributed by atoms with Crippen LogP contribution < -0.4 is 0 Å². The minimum Gasteiger partial charge on any atom is -0.388 e. The Morgan fingerprint density at radius 3 is 2.24 bits per heavy atom. The molecule has 0 aromatic heterocycles. The quantitative estimate of drug-likeness (QED) is 0.785. The summed E-state index contributed by atoms with van der Waals surface area (Å²) in [6.07, 6.45) is -6.92. The lowest BCUT2D eigenvalue weighted by Crippen LogP contribution is -2.27. The summed E-state index contributed by atoms with van der Waals surface area (Å²) >= 11 is 0. The first-order chi connectivity index (χ1) is 9.60. The lowest BCUT2D eigenvalue weighted by molar-refractivity contribution is -0.140. The molecule has 2 rings (SSSR count). The normalized spacial score (nSPS) is 21.3. The van der Waals surface area contributed by atoms with Crippen molar-refractivity contribution in [3.8, 4) is 0 Å². The first-order valence-corrected chi connectivity index (χ1v) is 6.53. The van der Waals surface area contributed by atoms with Crippen molar-refractivity contribution in [2.45, 2.75) is 43.9 Å². The van der Waals surface area contributed by atoms with E-state index in [0.717, 1.165) is 6.07 Å². The van der Waals surface area contributed by atoms with Crippen LogP contribution in [-0.4, -0.2) is 11.0 Å². The van der Waals surface area contributed by atoms with Crippen LogP contribution in [0.3, 0.4) is 0 Å². The molecule has 1 nitrogen and oxygen atoms in total. The molecule has 1 fully saturated rings. The van der Waals surface area contributed by atoms with Crippen LogP contribution in [0, 0.1) is 11.7 Å². The molecule has 1 saturated carbocycles. The topological polar surface area (TPSA) is 20.2 Å². The third kappa shape index (κ3) is 3.70. The third-order valence-corrected chi connectivity index (χ3v) is 3.85. The second-order valence-corrected chi connectivity index (χ2v) is 5.38. The molecule has 7 heteroatoms. The van der Waals surface area contributed by atoms with Crippen LogP contribution in [0.4, 0.5) is 26.3 Å². The van der Waals surface area contributed by atoms with Gasteiger partial charge in [0.2, 0.25) is 5.92 Å². The Balaban J connectivity index is 2.19. The Morgan fingerprint density at radius 2 is 1.71 bits per heavy atom. The number of hydrogen-bond donors (Lipinski definition) is 1. The van der Waals surface area contributed by atoms with E-state index >= 15 is 0 Å². The molecule has 1 aliphatic carbocycles. The van der Waals surface area contributed by atoms with E-state index in [-0.39, 0.29) is 18.4 Å². The SMILES string of the molecule is OC(c1ccc(F)c(C(F)(F)F)c1)C1CCC(F)(F)CC1. The van der Waals surface area contributed by atoms with Gasteiger partial charge in [-0.15, -0.1) is 0 Å². The summed E-state index contributed by atoms with van der Waals surface area (Å²) in [5.41, 5.74) is -1.56. The van der Waals surface area contributed by atoms with Gasteiger partial charge in [-0.3, -0.25) is 0 Å². The van der Waals surface area contributed by atoms with Crippen molar-refractivity contribution in [1.82, 2.24) is 0 Å². The first-order valence-electron chi connectivity index (χ1n) is 6.53. The van der Waals surface area contributed by atoms with E-state index in [2.05, 4.69) is 0 Å². The first kappa shape index (κ1) is 16.1. The molecule has 1 aromatic carbocycles. The maximum Gasteiger partial charge on any atom is 0.419 e. The largest absolute Gasteiger partial charge is 0.419 e. The van der Waals surface area contributed by atoms with Crippen LogP contribution >= 0.6 is 0 Å². The summed E-state index contributed by atoms with van der Waals surface area (Å²) < 4.78 is 77.1. The van der Waals surface area contributed by atoms with Gasteiger partial charge in [-0.25, -0.2) is 13.2 Å². The molecular formula is C14H14F6O. The molecule has 0 heterocycles. The molecule has 0 saturated heterocycles. The maximum absolute atomic E-state index is 13.2. The summed E-state index contributed by atoms with van der Waals surface area (Å²) in [6.45, 7) is 0. The lowest BCUT2D eigenvalue weighted by Gasteiger charge is -2.31. The van der Waals surface area contributed by atoms with Crippen molar-refractivity contribution in [1.29, 1.82) is 0 Å². The zero-order valence-electron chi connectivity index (χ0n) is 10.9. The molecule has 1 aliphatic rings. The van der Waals surface area contributed by atoms with E-state index in [0.29, 0.717) is 12.1 Å². The van der Waals surface area contributed by atoms with Gasteiger partial charge in [0.15, 0.2) is 0 Å². The summed E-state index contributed by atoms with van der Waals surface area (Å²) in [6, 6.07) is 2.24. The third-order valence-electron chi connectivity index (χ3n) is 3.85. The molecule has 0 spiro atoms. The fourth-order valence-electron chi connectivity index (χ4n) is 2.59. The van der Waals surface area contributed by atoms with Crippen LogP contribution in [0.1, 0.15) is 42.9 Å². The highest BCUT2D eigenvalue weighted by Gasteiger charge is 2.39. The van der Waals surface area contributed by atoms with E-state index in [4.69, 9.17) is 0 Å². The van der Waals surface area contributed by atoms with Crippen molar-refractivity contribution in [3.63, 3.8) is 0 Å². The molecule has 0 aliphatic heterocycles. The molecule has 1 unspecified atom stereocenters. The summed E-state index contributed by atoms with van der Waals surface area (Å²) in [4.78, 5) is 0. The van der Waals surface area contributed by atoms with Crippen molar-refractivity contribution in [2.24, 2.45) is 5.92 Å². The fraction of sp³-hybridized carbons (Fsp3) is 0.571. The van der Waals surface area contributed by atoms with Gasteiger partial charge < -0.3 is 5.11 Å². The highest BCUT2D eigenvalue weighted by Crippen LogP contribution is 2.42. The average molecular weight is 312 g/mol. The van der Waals surface area contributed by atoms with E-state index in [1.807, 2.05) is 0 Å². The van der Waals surface area contributed by atoms with Crippen molar-refractivity contribution in [2.75, 3.05) is 0 Å². The predicted molar refractivity (Wildman–Crippen MR) is 63.3 cm³/mol. The van der Waals surface area contributed by atoms with Gasteiger partial charge in [-0.2, -0.15) is 13.2 Å². The molecule has 21 heavy (non-hydrogen) atoms. The Kier molecular flexibility index (Phi) is 4.24. The monoisotopic (exact) mass is 312 g/mol. The van der Waals surface area contributed by atoms with E-state index in [9.17, 15) is 31.4 Å². The molecule has 1 aromatic rings. The fourth-order valence-corrected chi connectivity index (χ4v) is 2.59. The van der Waals surface area contributed by atoms with Gasteiger partial charge >= 0.3 is 6.18 Å². The van der Waals surface area contributed by atoms with Crippen LogP contribution in [0.2, 0.25) is 0 Å². The second-order valence-electron chi connectivity index (χ2n) is 5.38. The molecule has 118 valence electrons. The van der Waals surface area contributed by atoms with Crippen LogP contribution in [-0.2, 0) is 6.18 Å². The summed E-state index contributed by atoms with van der Waals surface area (Å²) in [5, 5.41) is 10.1. The molecule has 1 atom stereocenters. The molecular weight excluding hydrogens is 298 g/mol. The Labute approximate surface area is 117 Å². The van der Waals surface area contributed by atoms with Gasteiger partial charge in [-0.05, 0) is 36.5 Å². The maximum atomic E-state index is 13.2. The number of alkyl halides is 5. The van der Waals surface area contributed by atoms with E-state index in [1.165, 1.54) is 0 Å². The molecule has 0 bridgehead atoms. The van der Waals surface area contributed by atoms with Gasteiger partial charge in [0.05, 0.1) is 11.7 Å². The number of hydrogen-bond acceptors (Lipinski definition) is 1. The minimum absolute atomic E-state index is 0.0207.